The number of thiol groups is 1. The third-order valence-corrected chi connectivity index (χ3v) is 3.99. The average Bonchev–Trinajstić information content (AvgIpc) is 2.57. The lowest BCUT2D eigenvalue weighted by Gasteiger charge is -2.16. The maximum atomic E-state index is 12.3. The Morgan fingerprint density at radius 3 is 2.58 bits per heavy atom. The van der Waals surface area contributed by atoms with Gasteiger partial charge in [-0.2, -0.15) is 12.6 Å². The summed E-state index contributed by atoms with van der Waals surface area (Å²) in [4.78, 5) is 23.4. The van der Waals surface area contributed by atoms with Crippen molar-refractivity contribution in [1.82, 2.24) is 15.3 Å². The molecule has 0 bridgehead atoms. The molecule has 0 saturated heterocycles. The first-order chi connectivity index (χ1) is 12.3. The minimum absolute atomic E-state index is 0.121. The normalized spacial score (nSPS) is 11.3. The summed E-state index contributed by atoms with van der Waals surface area (Å²) in [6.07, 6.45) is 2.47. The SMILES string of the molecule is CC(C)(S)c1ncc(-c2ccc(CNCCCN=C(N)N)cc2)c(=O)[nH]1. The van der Waals surface area contributed by atoms with Gasteiger partial charge in [-0.1, -0.05) is 24.3 Å². The first kappa shape index (κ1) is 20.0. The van der Waals surface area contributed by atoms with Gasteiger partial charge in [-0.3, -0.25) is 9.79 Å². The van der Waals surface area contributed by atoms with Crippen LogP contribution in [0.4, 0.5) is 0 Å². The molecule has 7 nitrogen and oxygen atoms in total. The van der Waals surface area contributed by atoms with Gasteiger partial charge in [0.05, 0.1) is 10.3 Å². The molecule has 0 aliphatic carbocycles. The molecule has 0 fully saturated rings. The van der Waals surface area contributed by atoms with Crippen molar-refractivity contribution in [2.75, 3.05) is 13.1 Å². The van der Waals surface area contributed by atoms with Crippen molar-refractivity contribution in [2.45, 2.75) is 31.6 Å². The molecule has 26 heavy (non-hydrogen) atoms. The fraction of sp³-hybridized carbons (Fsp3) is 0.389. The summed E-state index contributed by atoms with van der Waals surface area (Å²) < 4.78 is -0.492. The van der Waals surface area contributed by atoms with E-state index in [0.717, 1.165) is 30.6 Å². The number of aromatic amines is 1. The van der Waals surface area contributed by atoms with Crippen LogP contribution in [0.15, 0.2) is 40.2 Å². The van der Waals surface area contributed by atoms with Gasteiger partial charge >= 0.3 is 0 Å². The number of hydrogen-bond donors (Lipinski definition) is 5. The number of nitrogens with one attached hydrogen (secondary N) is 2. The van der Waals surface area contributed by atoms with Crippen LogP contribution in [-0.4, -0.2) is 29.0 Å². The molecule has 0 atom stereocenters. The number of benzene rings is 1. The van der Waals surface area contributed by atoms with E-state index in [-0.39, 0.29) is 11.5 Å². The number of hydrogen-bond acceptors (Lipinski definition) is 5. The van der Waals surface area contributed by atoms with Crippen LogP contribution in [0.3, 0.4) is 0 Å². The summed E-state index contributed by atoms with van der Waals surface area (Å²) in [6, 6.07) is 7.84. The average molecular weight is 375 g/mol. The molecule has 6 N–H and O–H groups in total. The van der Waals surface area contributed by atoms with Crippen molar-refractivity contribution in [2.24, 2.45) is 16.5 Å². The number of rotatable bonds is 8. The lowest BCUT2D eigenvalue weighted by Crippen LogP contribution is -2.23. The Hall–Kier alpha value is -2.32. The molecule has 140 valence electrons. The van der Waals surface area contributed by atoms with E-state index in [9.17, 15) is 4.79 Å². The fourth-order valence-electron chi connectivity index (χ4n) is 2.36. The monoisotopic (exact) mass is 374 g/mol. The van der Waals surface area contributed by atoms with Crippen molar-refractivity contribution < 1.29 is 0 Å². The van der Waals surface area contributed by atoms with Crippen LogP contribution in [0.25, 0.3) is 11.1 Å². The van der Waals surface area contributed by atoms with Gasteiger partial charge in [-0.15, -0.1) is 0 Å². The Balaban J connectivity index is 1.95. The molecule has 0 saturated carbocycles. The lowest BCUT2D eigenvalue weighted by molar-refractivity contribution is 0.655. The molecule has 1 heterocycles. The van der Waals surface area contributed by atoms with Crippen LogP contribution in [-0.2, 0) is 11.3 Å². The van der Waals surface area contributed by atoms with Crippen LogP contribution in [0, 0.1) is 0 Å². The summed E-state index contributed by atoms with van der Waals surface area (Å²) >= 11 is 4.43. The highest BCUT2D eigenvalue weighted by Gasteiger charge is 2.18. The number of guanidine groups is 1. The quantitative estimate of drug-likeness (QED) is 0.207. The largest absolute Gasteiger partial charge is 0.370 e. The van der Waals surface area contributed by atoms with E-state index < -0.39 is 4.75 Å². The first-order valence-corrected chi connectivity index (χ1v) is 8.89. The molecule has 2 rings (SSSR count). The molecule has 1 aromatic carbocycles. The third-order valence-electron chi connectivity index (χ3n) is 3.78. The van der Waals surface area contributed by atoms with Crippen molar-refractivity contribution in [1.29, 1.82) is 0 Å². The molecule has 2 aromatic rings. The van der Waals surface area contributed by atoms with E-state index in [1.54, 1.807) is 6.20 Å². The van der Waals surface area contributed by atoms with Crippen LogP contribution < -0.4 is 22.3 Å². The van der Waals surface area contributed by atoms with Crippen molar-refractivity contribution in [3.63, 3.8) is 0 Å². The van der Waals surface area contributed by atoms with Gasteiger partial charge in [0.1, 0.15) is 5.82 Å². The molecule has 0 amide bonds. The van der Waals surface area contributed by atoms with Gasteiger partial charge in [-0.25, -0.2) is 4.98 Å². The van der Waals surface area contributed by atoms with Crippen molar-refractivity contribution >= 4 is 18.6 Å². The van der Waals surface area contributed by atoms with Gasteiger partial charge in [-0.05, 0) is 37.9 Å². The highest BCUT2D eigenvalue weighted by atomic mass is 32.1. The van der Waals surface area contributed by atoms with E-state index >= 15 is 0 Å². The molecule has 1 aromatic heterocycles. The van der Waals surface area contributed by atoms with Gasteiger partial charge in [0.2, 0.25) is 0 Å². The molecule has 0 unspecified atom stereocenters. The van der Waals surface area contributed by atoms with Crippen molar-refractivity contribution in [3.8, 4) is 11.1 Å². The fourth-order valence-corrected chi connectivity index (χ4v) is 2.47. The summed E-state index contributed by atoms with van der Waals surface area (Å²) in [6.45, 7) is 5.94. The van der Waals surface area contributed by atoms with Crippen molar-refractivity contribution in [3.05, 3.63) is 52.2 Å². The van der Waals surface area contributed by atoms with Gasteiger partial charge in [0, 0.05) is 19.3 Å². The number of H-pyrrole nitrogens is 1. The standard InChI is InChI=1S/C18H26N6OS/c1-18(2,26)16-23-11-14(15(25)24-16)13-6-4-12(5-7-13)10-21-8-3-9-22-17(19)20/h4-7,11,21,26H,3,8-10H2,1-2H3,(H4,19,20,22)(H,23,24,25). The van der Waals surface area contributed by atoms with Gasteiger partial charge < -0.3 is 21.8 Å². The second-order valence-corrected chi connectivity index (χ2v) is 7.69. The van der Waals surface area contributed by atoms with E-state index in [0.29, 0.717) is 17.9 Å². The zero-order valence-electron chi connectivity index (χ0n) is 15.1. The summed E-state index contributed by atoms with van der Waals surface area (Å²) in [5.41, 5.74) is 12.9. The summed E-state index contributed by atoms with van der Waals surface area (Å²) in [7, 11) is 0. The lowest BCUT2D eigenvalue weighted by atomic mass is 10.1. The maximum Gasteiger partial charge on any atom is 0.258 e. The molecule has 0 aliphatic heterocycles. The topological polar surface area (TPSA) is 122 Å². The number of nitrogens with zero attached hydrogens (tertiary/aromatic N) is 2. The molecule has 0 spiro atoms. The summed E-state index contributed by atoms with van der Waals surface area (Å²) in [5, 5.41) is 3.33. The molecule has 8 heteroatoms. The van der Waals surface area contributed by atoms with Gasteiger partial charge in [0.25, 0.3) is 5.56 Å². The van der Waals surface area contributed by atoms with Crippen LogP contribution in [0.1, 0.15) is 31.7 Å². The van der Waals surface area contributed by atoms with E-state index in [1.165, 1.54) is 0 Å². The Morgan fingerprint density at radius 2 is 2.00 bits per heavy atom. The van der Waals surface area contributed by atoms with Gasteiger partial charge in [0.15, 0.2) is 5.96 Å². The first-order valence-electron chi connectivity index (χ1n) is 8.45. The Morgan fingerprint density at radius 1 is 1.31 bits per heavy atom. The Labute approximate surface area is 158 Å². The number of aliphatic imine (C=N–C) groups is 1. The predicted molar refractivity (Wildman–Crippen MR) is 109 cm³/mol. The van der Waals surface area contributed by atoms with Crippen LogP contribution in [0.2, 0.25) is 0 Å². The predicted octanol–water partition coefficient (Wildman–Crippen LogP) is 1.35. The minimum Gasteiger partial charge on any atom is -0.370 e. The van der Waals surface area contributed by atoms with Crippen LogP contribution in [0.5, 0.6) is 0 Å². The molecule has 0 radical (unpaired) electrons. The maximum absolute atomic E-state index is 12.3. The molecular formula is C18H26N6OS. The Kier molecular flexibility index (Phi) is 6.82. The smallest absolute Gasteiger partial charge is 0.258 e. The molecular weight excluding hydrogens is 348 g/mol. The summed E-state index contributed by atoms with van der Waals surface area (Å²) in [5.74, 6) is 0.673. The highest BCUT2D eigenvalue weighted by Crippen LogP contribution is 2.23. The Bertz CT molecular complexity index is 804. The number of nitrogens with two attached hydrogens (primary N) is 2. The second-order valence-electron chi connectivity index (χ2n) is 6.57. The van der Waals surface area contributed by atoms with E-state index in [2.05, 4.69) is 32.9 Å². The van der Waals surface area contributed by atoms with E-state index in [1.807, 2.05) is 38.1 Å². The van der Waals surface area contributed by atoms with E-state index in [4.69, 9.17) is 11.5 Å². The third kappa shape index (κ3) is 5.89. The minimum atomic E-state index is -0.492. The number of aromatic nitrogens is 2. The second kappa shape index (κ2) is 8.86. The zero-order chi connectivity index (χ0) is 19.2. The highest BCUT2D eigenvalue weighted by molar-refractivity contribution is 7.81. The molecule has 0 aliphatic rings. The van der Waals surface area contributed by atoms with Crippen LogP contribution >= 0.6 is 12.6 Å². The zero-order valence-corrected chi connectivity index (χ0v) is 16.0.